The fourth-order valence-corrected chi connectivity index (χ4v) is 1.06. The van der Waals surface area contributed by atoms with Crippen molar-refractivity contribution in [2.24, 2.45) is 0 Å². The van der Waals surface area contributed by atoms with Crippen LogP contribution in [0, 0.1) is 6.92 Å². The number of hydrogen-bond donors (Lipinski definition) is 0. The van der Waals surface area contributed by atoms with Crippen molar-refractivity contribution in [3.63, 3.8) is 0 Å². The Kier molecular flexibility index (Phi) is 2.83. The highest BCUT2D eigenvalue weighted by atomic mass is 35.5. The lowest BCUT2D eigenvalue weighted by Crippen LogP contribution is -1.97. The minimum atomic E-state index is 0.149. The van der Waals surface area contributed by atoms with E-state index in [4.69, 9.17) is 11.6 Å². The third kappa shape index (κ3) is 1.90. The summed E-state index contributed by atoms with van der Waals surface area (Å²) in [4.78, 5) is 8.00. The van der Waals surface area contributed by atoms with Crippen LogP contribution in [0.1, 0.15) is 25.0 Å². The Morgan fingerprint density at radius 2 is 2.18 bits per heavy atom. The molecule has 0 saturated heterocycles. The van der Waals surface area contributed by atoms with Gasteiger partial charge in [0.1, 0.15) is 0 Å². The second kappa shape index (κ2) is 3.67. The van der Waals surface area contributed by atoms with E-state index in [1.807, 2.05) is 6.92 Å². The molecule has 0 spiro atoms. The third-order valence-corrected chi connectivity index (χ3v) is 1.85. The van der Waals surface area contributed by atoms with Crippen LogP contribution in [0.25, 0.3) is 0 Å². The molecule has 59 valence electrons. The van der Waals surface area contributed by atoms with E-state index in [9.17, 15) is 0 Å². The zero-order valence-corrected chi connectivity index (χ0v) is 7.17. The molecule has 1 unspecified atom stereocenters. The monoisotopic (exact) mass is 169 g/mol. The van der Waals surface area contributed by atoms with Gasteiger partial charge in [-0.3, -0.25) is 4.98 Å². The van der Waals surface area contributed by atoms with Gasteiger partial charge in [-0.2, -0.15) is 0 Å². The summed E-state index contributed by atoms with van der Waals surface area (Å²) in [5.41, 5.74) is 0.789. The Hall–Kier alpha value is -0.630. The first-order valence-electron chi connectivity index (χ1n) is 3.55. The molecule has 1 aromatic rings. The van der Waals surface area contributed by atoms with Gasteiger partial charge in [0.25, 0.3) is 0 Å². The maximum atomic E-state index is 5.78. The first-order valence-corrected chi connectivity index (χ1v) is 3.93. The van der Waals surface area contributed by atoms with Gasteiger partial charge in [0, 0.05) is 18.3 Å². The minimum Gasteiger partial charge on any atom is -0.256 e. The lowest BCUT2D eigenvalue weighted by molar-refractivity contribution is 0.764. The smallest absolute Gasteiger partial charge is 0.150 e. The molecule has 1 atom stereocenters. The Morgan fingerprint density at radius 3 is 2.73 bits per heavy atom. The molecule has 0 aliphatic heterocycles. The van der Waals surface area contributed by atoms with Crippen LogP contribution >= 0.6 is 11.6 Å². The molecular formula is C8H10ClN2. The quantitative estimate of drug-likeness (QED) is 0.680. The number of rotatable bonds is 2. The summed E-state index contributed by atoms with van der Waals surface area (Å²) in [6.07, 6.45) is 4.14. The standard InChI is InChI=1S/C8H10ClN2/c1-3-6(2)7-8(9)11-5-4-10-7/h4-6H,2-3H2,1H3. The van der Waals surface area contributed by atoms with Crippen molar-refractivity contribution in [2.45, 2.75) is 19.3 Å². The highest BCUT2D eigenvalue weighted by molar-refractivity contribution is 6.30. The highest BCUT2D eigenvalue weighted by Crippen LogP contribution is 2.21. The number of halogens is 1. The van der Waals surface area contributed by atoms with Crippen LogP contribution in [0.2, 0.25) is 5.15 Å². The van der Waals surface area contributed by atoms with E-state index in [0.29, 0.717) is 5.15 Å². The Balaban J connectivity index is 2.93. The van der Waals surface area contributed by atoms with E-state index in [-0.39, 0.29) is 5.92 Å². The zero-order chi connectivity index (χ0) is 8.27. The van der Waals surface area contributed by atoms with E-state index >= 15 is 0 Å². The van der Waals surface area contributed by atoms with Crippen LogP contribution in [0.3, 0.4) is 0 Å². The topological polar surface area (TPSA) is 25.8 Å². The molecule has 0 bridgehead atoms. The van der Waals surface area contributed by atoms with E-state index in [1.165, 1.54) is 0 Å². The SMILES string of the molecule is [CH2]C(CC)c1nccnc1Cl. The van der Waals surface area contributed by atoms with Crippen molar-refractivity contribution in [1.82, 2.24) is 9.97 Å². The molecule has 0 N–H and O–H groups in total. The summed E-state index contributed by atoms with van der Waals surface area (Å²) in [6.45, 7) is 5.94. The van der Waals surface area contributed by atoms with Crippen molar-refractivity contribution in [2.75, 3.05) is 0 Å². The highest BCUT2D eigenvalue weighted by Gasteiger charge is 2.08. The van der Waals surface area contributed by atoms with Gasteiger partial charge < -0.3 is 0 Å². The second-order valence-electron chi connectivity index (χ2n) is 2.34. The van der Waals surface area contributed by atoms with Gasteiger partial charge >= 0.3 is 0 Å². The van der Waals surface area contributed by atoms with Crippen LogP contribution in [0.5, 0.6) is 0 Å². The molecule has 11 heavy (non-hydrogen) atoms. The molecule has 2 nitrogen and oxygen atoms in total. The number of hydrogen-bond acceptors (Lipinski definition) is 2. The van der Waals surface area contributed by atoms with Crippen molar-refractivity contribution in [1.29, 1.82) is 0 Å². The largest absolute Gasteiger partial charge is 0.256 e. The second-order valence-corrected chi connectivity index (χ2v) is 2.70. The summed E-state index contributed by atoms with van der Waals surface area (Å²) in [6, 6.07) is 0. The molecule has 1 aromatic heterocycles. The maximum Gasteiger partial charge on any atom is 0.150 e. The van der Waals surface area contributed by atoms with Gasteiger partial charge in [0.05, 0.1) is 5.69 Å². The van der Waals surface area contributed by atoms with Gasteiger partial charge in [-0.05, 0) is 13.3 Å². The number of aromatic nitrogens is 2. The summed E-state index contributed by atoms with van der Waals surface area (Å²) < 4.78 is 0. The van der Waals surface area contributed by atoms with Crippen LogP contribution in [0.15, 0.2) is 12.4 Å². The summed E-state index contributed by atoms with van der Waals surface area (Å²) in [5, 5.41) is 0.467. The molecule has 0 amide bonds. The van der Waals surface area contributed by atoms with Gasteiger partial charge in [-0.1, -0.05) is 18.5 Å². The molecule has 3 heteroatoms. The van der Waals surface area contributed by atoms with Crippen LogP contribution in [-0.2, 0) is 0 Å². The van der Waals surface area contributed by atoms with Gasteiger partial charge in [0.2, 0.25) is 0 Å². The summed E-state index contributed by atoms with van der Waals surface area (Å²) in [5.74, 6) is 0.149. The van der Waals surface area contributed by atoms with Crippen molar-refractivity contribution < 1.29 is 0 Å². The predicted molar refractivity (Wildman–Crippen MR) is 45.4 cm³/mol. The third-order valence-electron chi connectivity index (χ3n) is 1.56. The first-order chi connectivity index (χ1) is 5.25. The zero-order valence-electron chi connectivity index (χ0n) is 6.42. The average molecular weight is 170 g/mol. The van der Waals surface area contributed by atoms with E-state index in [0.717, 1.165) is 12.1 Å². The van der Waals surface area contributed by atoms with Crippen molar-refractivity contribution in [3.8, 4) is 0 Å². The van der Waals surface area contributed by atoms with Crippen molar-refractivity contribution >= 4 is 11.6 Å². The fourth-order valence-electron chi connectivity index (χ4n) is 0.799. The minimum absolute atomic E-state index is 0.149. The molecular weight excluding hydrogens is 160 g/mol. The van der Waals surface area contributed by atoms with Gasteiger partial charge in [0.15, 0.2) is 5.15 Å². The summed E-state index contributed by atoms with van der Waals surface area (Å²) >= 11 is 5.78. The van der Waals surface area contributed by atoms with E-state index < -0.39 is 0 Å². The molecule has 1 heterocycles. The number of nitrogens with zero attached hydrogens (tertiary/aromatic N) is 2. The Bertz CT molecular complexity index is 237. The molecule has 0 aliphatic carbocycles. The molecule has 0 fully saturated rings. The van der Waals surface area contributed by atoms with Crippen molar-refractivity contribution in [3.05, 3.63) is 30.2 Å². The lowest BCUT2D eigenvalue weighted by atomic mass is 10.1. The molecule has 1 rings (SSSR count). The van der Waals surface area contributed by atoms with Gasteiger partial charge in [-0.25, -0.2) is 4.98 Å². The van der Waals surface area contributed by atoms with Crippen LogP contribution < -0.4 is 0 Å². The predicted octanol–water partition coefficient (Wildman–Crippen LogP) is 2.46. The molecule has 0 aromatic carbocycles. The normalized spacial score (nSPS) is 13.0. The van der Waals surface area contributed by atoms with E-state index in [1.54, 1.807) is 12.4 Å². The van der Waals surface area contributed by atoms with Crippen LogP contribution in [0.4, 0.5) is 0 Å². The Morgan fingerprint density at radius 1 is 1.55 bits per heavy atom. The first kappa shape index (κ1) is 8.47. The van der Waals surface area contributed by atoms with Crippen LogP contribution in [-0.4, -0.2) is 9.97 Å². The molecule has 1 radical (unpaired) electrons. The fraction of sp³-hybridized carbons (Fsp3) is 0.375. The average Bonchev–Trinajstić information content (AvgIpc) is 2.04. The Labute approximate surface area is 71.6 Å². The van der Waals surface area contributed by atoms with Gasteiger partial charge in [-0.15, -0.1) is 0 Å². The summed E-state index contributed by atoms with van der Waals surface area (Å²) in [7, 11) is 0. The van der Waals surface area contributed by atoms with E-state index in [2.05, 4.69) is 16.9 Å². The molecule has 0 aliphatic rings. The lowest BCUT2D eigenvalue weighted by Gasteiger charge is -2.07. The maximum absolute atomic E-state index is 5.78. The molecule has 0 saturated carbocycles.